The van der Waals surface area contributed by atoms with Crippen LogP contribution < -0.4 is 16.4 Å². The Morgan fingerprint density at radius 2 is 2.06 bits per heavy atom. The van der Waals surface area contributed by atoms with Crippen molar-refractivity contribution in [3.63, 3.8) is 0 Å². The Labute approximate surface area is 101 Å². The molecule has 3 rings (SSSR count). The van der Waals surface area contributed by atoms with E-state index in [-0.39, 0.29) is 6.04 Å². The van der Waals surface area contributed by atoms with E-state index in [2.05, 4.69) is 54.9 Å². The van der Waals surface area contributed by atoms with Gasteiger partial charge in [0.05, 0.1) is 17.4 Å². The Morgan fingerprint density at radius 3 is 2.88 bits per heavy atom. The van der Waals surface area contributed by atoms with Crippen LogP contribution in [-0.2, 0) is 0 Å². The van der Waals surface area contributed by atoms with Gasteiger partial charge in [-0.25, -0.2) is 0 Å². The van der Waals surface area contributed by atoms with E-state index < -0.39 is 0 Å². The number of hydrogen-bond acceptors (Lipinski definition) is 3. The number of fused-ring (bicyclic) bond motifs is 2. The first kappa shape index (κ1) is 10.4. The van der Waals surface area contributed by atoms with Crippen molar-refractivity contribution in [3.05, 3.63) is 58.6 Å². The van der Waals surface area contributed by atoms with Gasteiger partial charge < -0.3 is 16.4 Å². The van der Waals surface area contributed by atoms with Crippen molar-refractivity contribution in [2.75, 3.05) is 0 Å². The molecule has 17 heavy (non-hydrogen) atoms. The molecule has 0 aromatic carbocycles. The number of nitrogens with one attached hydrogen (secondary N) is 2. The van der Waals surface area contributed by atoms with E-state index in [0.717, 1.165) is 17.0 Å². The third kappa shape index (κ3) is 1.63. The molecule has 2 heterocycles. The molecule has 0 aromatic heterocycles. The molecule has 3 nitrogen and oxygen atoms in total. The molecule has 4 N–H and O–H groups in total. The van der Waals surface area contributed by atoms with Crippen LogP contribution in [0.1, 0.15) is 13.8 Å². The fraction of sp³-hybridized carbons (Fsp3) is 0.286. The van der Waals surface area contributed by atoms with E-state index >= 15 is 0 Å². The summed E-state index contributed by atoms with van der Waals surface area (Å²) in [5.41, 5.74) is 12.0. The van der Waals surface area contributed by atoms with E-state index in [1.807, 2.05) is 0 Å². The zero-order valence-electron chi connectivity index (χ0n) is 10.1. The van der Waals surface area contributed by atoms with Gasteiger partial charge in [-0.1, -0.05) is 24.3 Å². The van der Waals surface area contributed by atoms with Crippen LogP contribution in [0, 0.1) is 0 Å². The van der Waals surface area contributed by atoms with E-state index in [4.69, 9.17) is 5.73 Å². The van der Waals surface area contributed by atoms with Crippen molar-refractivity contribution in [3.8, 4) is 0 Å². The van der Waals surface area contributed by atoms with Crippen molar-refractivity contribution >= 4 is 0 Å². The summed E-state index contributed by atoms with van der Waals surface area (Å²) in [6, 6.07) is 0.332. The SMILES string of the molecule is CC1=CC=C2C(=C3NC(C)C=CC3=CC2N)N1. The van der Waals surface area contributed by atoms with Crippen molar-refractivity contribution in [1.82, 2.24) is 10.6 Å². The van der Waals surface area contributed by atoms with Gasteiger partial charge in [0, 0.05) is 11.7 Å². The Morgan fingerprint density at radius 1 is 1.24 bits per heavy atom. The van der Waals surface area contributed by atoms with E-state index in [9.17, 15) is 0 Å². The molecule has 0 fully saturated rings. The molecule has 0 spiro atoms. The fourth-order valence-electron chi connectivity index (χ4n) is 2.42. The smallest absolute Gasteiger partial charge is 0.0675 e. The minimum atomic E-state index is -0.0274. The van der Waals surface area contributed by atoms with Crippen LogP contribution in [0.2, 0.25) is 0 Å². The maximum atomic E-state index is 6.17. The van der Waals surface area contributed by atoms with Gasteiger partial charge in [0.1, 0.15) is 0 Å². The van der Waals surface area contributed by atoms with Gasteiger partial charge in [0.25, 0.3) is 0 Å². The molecule has 1 aliphatic carbocycles. The topological polar surface area (TPSA) is 50.1 Å². The molecule has 0 bridgehead atoms. The van der Waals surface area contributed by atoms with E-state index in [1.165, 1.54) is 11.3 Å². The van der Waals surface area contributed by atoms with Crippen LogP contribution in [-0.4, -0.2) is 12.1 Å². The van der Waals surface area contributed by atoms with Gasteiger partial charge in [0.2, 0.25) is 0 Å². The van der Waals surface area contributed by atoms with E-state index in [0.29, 0.717) is 6.04 Å². The van der Waals surface area contributed by atoms with Crippen molar-refractivity contribution in [1.29, 1.82) is 0 Å². The standard InChI is InChI=1S/C14H17N3/c1-8-3-5-10-7-12(15)11-6-4-9(2)17-14(11)13(10)16-8/h3-8,12,16-17H,15H2,1-2H3. The van der Waals surface area contributed by atoms with Crippen molar-refractivity contribution in [2.45, 2.75) is 25.9 Å². The quantitative estimate of drug-likeness (QED) is 0.587. The van der Waals surface area contributed by atoms with Gasteiger partial charge in [0.15, 0.2) is 0 Å². The molecular formula is C14H17N3. The molecule has 3 aliphatic rings. The highest BCUT2D eigenvalue weighted by molar-refractivity contribution is 5.59. The Kier molecular flexibility index (Phi) is 2.23. The third-order valence-corrected chi connectivity index (χ3v) is 3.32. The molecule has 88 valence electrons. The summed E-state index contributed by atoms with van der Waals surface area (Å²) >= 11 is 0. The normalized spacial score (nSPS) is 30.4. The first-order valence-corrected chi connectivity index (χ1v) is 5.98. The molecule has 3 heteroatoms. The van der Waals surface area contributed by atoms with Crippen molar-refractivity contribution < 1.29 is 0 Å². The lowest BCUT2D eigenvalue weighted by Gasteiger charge is -2.33. The number of allylic oxidation sites excluding steroid dienone is 4. The highest BCUT2D eigenvalue weighted by Gasteiger charge is 2.27. The van der Waals surface area contributed by atoms with Crippen LogP contribution in [0.5, 0.6) is 0 Å². The molecule has 2 unspecified atom stereocenters. The summed E-state index contributed by atoms with van der Waals surface area (Å²) in [5, 5.41) is 6.92. The second-order valence-electron chi connectivity index (χ2n) is 4.79. The second kappa shape index (κ2) is 3.64. The summed E-state index contributed by atoms with van der Waals surface area (Å²) in [7, 11) is 0. The second-order valence-corrected chi connectivity index (χ2v) is 4.79. The number of nitrogens with two attached hydrogens (primary N) is 1. The van der Waals surface area contributed by atoms with Gasteiger partial charge in [-0.15, -0.1) is 0 Å². The maximum Gasteiger partial charge on any atom is 0.0675 e. The van der Waals surface area contributed by atoms with E-state index in [1.54, 1.807) is 0 Å². The molecule has 0 saturated heterocycles. The van der Waals surface area contributed by atoms with Crippen molar-refractivity contribution in [2.24, 2.45) is 5.73 Å². The van der Waals surface area contributed by atoms with Gasteiger partial charge >= 0.3 is 0 Å². The summed E-state index contributed by atoms with van der Waals surface area (Å²) in [5.74, 6) is 0. The molecule has 0 aromatic rings. The monoisotopic (exact) mass is 227 g/mol. The first-order valence-electron chi connectivity index (χ1n) is 5.98. The lowest BCUT2D eigenvalue weighted by atomic mass is 9.88. The number of rotatable bonds is 0. The average Bonchev–Trinajstić information content (AvgIpc) is 2.30. The Bertz CT molecular complexity index is 518. The third-order valence-electron chi connectivity index (χ3n) is 3.32. The van der Waals surface area contributed by atoms with Crippen LogP contribution in [0.4, 0.5) is 0 Å². The minimum absolute atomic E-state index is 0.0274. The highest BCUT2D eigenvalue weighted by Crippen LogP contribution is 2.31. The van der Waals surface area contributed by atoms with Gasteiger partial charge in [-0.05, 0) is 31.1 Å². The lowest BCUT2D eigenvalue weighted by Crippen LogP contribution is -2.39. The Hall–Kier alpha value is -1.74. The molecule has 0 saturated carbocycles. The van der Waals surface area contributed by atoms with Crippen LogP contribution in [0.15, 0.2) is 58.6 Å². The number of hydrogen-bond donors (Lipinski definition) is 3. The summed E-state index contributed by atoms with van der Waals surface area (Å²) in [6.45, 7) is 4.21. The van der Waals surface area contributed by atoms with Crippen LogP contribution >= 0.6 is 0 Å². The molecule has 0 radical (unpaired) electrons. The first-order chi connectivity index (χ1) is 8.15. The lowest BCUT2D eigenvalue weighted by molar-refractivity contribution is 0.688. The average molecular weight is 227 g/mol. The summed E-state index contributed by atoms with van der Waals surface area (Å²) in [4.78, 5) is 0. The summed E-state index contributed by atoms with van der Waals surface area (Å²) < 4.78 is 0. The predicted molar refractivity (Wildman–Crippen MR) is 69.8 cm³/mol. The van der Waals surface area contributed by atoms with Crippen LogP contribution in [0.3, 0.4) is 0 Å². The zero-order chi connectivity index (χ0) is 12.0. The Balaban J connectivity index is 2.14. The summed E-state index contributed by atoms with van der Waals surface area (Å²) in [6.07, 6.45) is 10.6. The maximum absolute atomic E-state index is 6.17. The highest BCUT2D eigenvalue weighted by atomic mass is 15.0. The zero-order valence-corrected chi connectivity index (χ0v) is 10.1. The largest absolute Gasteiger partial charge is 0.377 e. The number of dihydropyridines is 1. The van der Waals surface area contributed by atoms with Crippen LogP contribution in [0.25, 0.3) is 0 Å². The molecule has 2 atom stereocenters. The minimum Gasteiger partial charge on any atom is -0.377 e. The van der Waals surface area contributed by atoms with Gasteiger partial charge in [-0.2, -0.15) is 0 Å². The predicted octanol–water partition coefficient (Wildman–Crippen LogP) is 1.45. The molecular weight excluding hydrogens is 210 g/mol. The van der Waals surface area contributed by atoms with Gasteiger partial charge in [-0.3, -0.25) is 0 Å². The fourth-order valence-corrected chi connectivity index (χ4v) is 2.42. The molecule has 0 amide bonds. The molecule has 2 aliphatic heterocycles.